The van der Waals surface area contributed by atoms with E-state index < -0.39 is 11.6 Å². The van der Waals surface area contributed by atoms with Gasteiger partial charge in [-0.1, -0.05) is 23.2 Å². The summed E-state index contributed by atoms with van der Waals surface area (Å²) < 4.78 is 27.3. The van der Waals surface area contributed by atoms with Crippen LogP contribution in [0.2, 0.25) is 10.2 Å². The number of aromatic nitrogens is 2. The average molecular weight is 276 g/mol. The molecule has 0 fully saturated rings. The molecule has 2 N–H and O–H groups in total. The predicted octanol–water partition coefficient (Wildman–Crippen LogP) is 3.31. The third-order valence-electron chi connectivity index (χ3n) is 2.07. The summed E-state index contributed by atoms with van der Waals surface area (Å²) in [5.74, 6) is -1.80. The summed E-state index contributed by atoms with van der Waals surface area (Å²) >= 11 is 11.1. The highest BCUT2D eigenvalue weighted by atomic mass is 35.5. The minimum atomic E-state index is -0.842. The SMILES string of the molecule is Nc1nnc(Cl)cc1-c1c(F)cc(Cl)cc1F. The van der Waals surface area contributed by atoms with Crippen LogP contribution in [0.5, 0.6) is 0 Å². The molecule has 1 aromatic carbocycles. The molecule has 0 spiro atoms. The molecule has 0 saturated heterocycles. The summed E-state index contributed by atoms with van der Waals surface area (Å²) in [6.45, 7) is 0. The summed E-state index contributed by atoms with van der Waals surface area (Å²) in [6.07, 6.45) is 0. The van der Waals surface area contributed by atoms with Crippen LogP contribution >= 0.6 is 23.2 Å². The monoisotopic (exact) mass is 275 g/mol. The van der Waals surface area contributed by atoms with Crippen molar-refractivity contribution in [3.63, 3.8) is 0 Å². The molecule has 0 bridgehead atoms. The number of nitrogens with zero attached hydrogens (tertiary/aromatic N) is 2. The maximum Gasteiger partial charge on any atom is 0.154 e. The van der Waals surface area contributed by atoms with Gasteiger partial charge in [0.1, 0.15) is 11.6 Å². The topological polar surface area (TPSA) is 51.8 Å². The minimum Gasteiger partial charge on any atom is -0.382 e. The van der Waals surface area contributed by atoms with E-state index in [1.54, 1.807) is 0 Å². The van der Waals surface area contributed by atoms with Crippen LogP contribution in [-0.4, -0.2) is 10.2 Å². The lowest BCUT2D eigenvalue weighted by Crippen LogP contribution is -2.00. The number of hydrogen-bond donors (Lipinski definition) is 1. The smallest absolute Gasteiger partial charge is 0.154 e. The van der Waals surface area contributed by atoms with Gasteiger partial charge in [-0.3, -0.25) is 0 Å². The van der Waals surface area contributed by atoms with Crippen molar-refractivity contribution in [2.75, 3.05) is 5.73 Å². The van der Waals surface area contributed by atoms with Gasteiger partial charge in [0.05, 0.1) is 5.56 Å². The van der Waals surface area contributed by atoms with Crippen molar-refractivity contribution in [3.05, 3.63) is 40.0 Å². The molecule has 0 aliphatic carbocycles. The summed E-state index contributed by atoms with van der Waals surface area (Å²) in [4.78, 5) is 0. The fourth-order valence-electron chi connectivity index (χ4n) is 1.38. The molecule has 17 heavy (non-hydrogen) atoms. The molecule has 0 aliphatic rings. The highest BCUT2D eigenvalue weighted by Crippen LogP contribution is 2.32. The van der Waals surface area contributed by atoms with E-state index in [0.29, 0.717) is 0 Å². The standard InChI is InChI=1S/C10H5Cl2F2N3/c11-4-1-6(13)9(7(14)2-4)5-3-8(12)16-17-10(5)15/h1-3H,(H2,15,17). The van der Waals surface area contributed by atoms with Gasteiger partial charge in [0.25, 0.3) is 0 Å². The Morgan fingerprint density at radius 3 is 2.18 bits per heavy atom. The van der Waals surface area contributed by atoms with Gasteiger partial charge in [-0.05, 0) is 18.2 Å². The molecular weight excluding hydrogens is 271 g/mol. The number of nitrogens with two attached hydrogens (primary N) is 1. The molecule has 1 heterocycles. The Kier molecular flexibility index (Phi) is 3.13. The van der Waals surface area contributed by atoms with Gasteiger partial charge in [-0.15, -0.1) is 10.2 Å². The van der Waals surface area contributed by atoms with Crippen LogP contribution in [0.25, 0.3) is 11.1 Å². The Balaban J connectivity index is 2.72. The molecule has 3 nitrogen and oxygen atoms in total. The Hall–Kier alpha value is -1.46. The van der Waals surface area contributed by atoms with E-state index in [1.165, 1.54) is 6.07 Å². The van der Waals surface area contributed by atoms with Crippen molar-refractivity contribution in [2.24, 2.45) is 0 Å². The van der Waals surface area contributed by atoms with Crippen molar-refractivity contribution >= 4 is 29.0 Å². The molecule has 1 aromatic heterocycles. The Morgan fingerprint density at radius 2 is 1.59 bits per heavy atom. The number of halogens is 4. The number of benzene rings is 1. The molecule has 88 valence electrons. The molecular formula is C10H5Cl2F2N3. The fraction of sp³-hybridized carbons (Fsp3) is 0. The summed E-state index contributed by atoms with van der Waals surface area (Å²) in [5.41, 5.74) is 5.21. The molecule has 0 aliphatic heterocycles. The number of hydrogen-bond acceptors (Lipinski definition) is 3. The van der Waals surface area contributed by atoms with Gasteiger partial charge in [-0.25, -0.2) is 8.78 Å². The zero-order valence-corrected chi connectivity index (χ0v) is 9.73. The van der Waals surface area contributed by atoms with E-state index in [1.807, 2.05) is 0 Å². The predicted molar refractivity (Wildman–Crippen MR) is 61.8 cm³/mol. The van der Waals surface area contributed by atoms with Crippen LogP contribution in [-0.2, 0) is 0 Å². The Morgan fingerprint density at radius 1 is 1.00 bits per heavy atom. The van der Waals surface area contributed by atoms with Gasteiger partial charge in [-0.2, -0.15) is 0 Å². The van der Waals surface area contributed by atoms with E-state index in [9.17, 15) is 8.78 Å². The van der Waals surface area contributed by atoms with Gasteiger partial charge >= 0.3 is 0 Å². The van der Waals surface area contributed by atoms with Crippen LogP contribution in [0.3, 0.4) is 0 Å². The average Bonchev–Trinajstić information content (AvgIpc) is 2.21. The first-order chi connectivity index (χ1) is 7.99. The van der Waals surface area contributed by atoms with E-state index in [-0.39, 0.29) is 27.1 Å². The second-order valence-electron chi connectivity index (χ2n) is 3.21. The molecule has 2 aromatic rings. The zero-order valence-electron chi connectivity index (χ0n) is 8.22. The van der Waals surface area contributed by atoms with E-state index in [0.717, 1.165) is 12.1 Å². The Labute approximate surface area is 105 Å². The summed E-state index contributed by atoms with van der Waals surface area (Å²) in [6, 6.07) is 3.20. The maximum atomic E-state index is 13.6. The number of rotatable bonds is 1. The van der Waals surface area contributed by atoms with Crippen LogP contribution < -0.4 is 5.73 Å². The largest absolute Gasteiger partial charge is 0.382 e. The van der Waals surface area contributed by atoms with Gasteiger partial charge < -0.3 is 5.73 Å². The molecule has 0 radical (unpaired) electrons. The number of nitrogen functional groups attached to an aromatic ring is 1. The molecule has 0 saturated carbocycles. The van der Waals surface area contributed by atoms with E-state index in [2.05, 4.69) is 10.2 Å². The molecule has 2 rings (SSSR count). The quantitative estimate of drug-likeness (QED) is 0.869. The van der Waals surface area contributed by atoms with Crippen molar-refractivity contribution in [3.8, 4) is 11.1 Å². The first-order valence-corrected chi connectivity index (χ1v) is 5.18. The first-order valence-electron chi connectivity index (χ1n) is 4.42. The highest BCUT2D eigenvalue weighted by molar-refractivity contribution is 6.30. The third-order valence-corrected chi connectivity index (χ3v) is 2.47. The van der Waals surface area contributed by atoms with E-state index >= 15 is 0 Å². The normalized spacial score (nSPS) is 10.6. The lowest BCUT2D eigenvalue weighted by Gasteiger charge is -2.07. The maximum absolute atomic E-state index is 13.6. The molecule has 0 atom stereocenters. The molecule has 0 unspecified atom stereocenters. The second-order valence-corrected chi connectivity index (χ2v) is 4.03. The third kappa shape index (κ3) is 2.30. The van der Waals surface area contributed by atoms with Gasteiger partial charge in [0.15, 0.2) is 11.0 Å². The van der Waals surface area contributed by atoms with Crippen molar-refractivity contribution < 1.29 is 8.78 Å². The first kappa shape index (κ1) is 12.0. The lowest BCUT2D eigenvalue weighted by atomic mass is 10.1. The molecule has 0 amide bonds. The lowest BCUT2D eigenvalue weighted by molar-refractivity contribution is 0.589. The van der Waals surface area contributed by atoms with Gasteiger partial charge in [0.2, 0.25) is 0 Å². The number of anilines is 1. The fourth-order valence-corrected chi connectivity index (χ4v) is 1.72. The summed E-state index contributed by atoms with van der Waals surface area (Å²) in [5, 5.41) is 6.89. The van der Waals surface area contributed by atoms with Gasteiger partial charge in [0, 0.05) is 10.6 Å². The summed E-state index contributed by atoms with van der Waals surface area (Å²) in [7, 11) is 0. The van der Waals surface area contributed by atoms with Crippen molar-refractivity contribution in [2.45, 2.75) is 0 Å². The van der Waals surface area contributed by atoms with E-state index in [4.69, 9.17) is 28.9 Å². The zero-order chi connectivity index (χ0) is 12.6. The Bertz CT molecular complexity index is 567. The van der Waals surface area contributed by atoms with Crippen LogP contribution in [0.1, 0.15) is 0 Å². The minimum absolute atomic E-state index is 0.0112. The van der Waals surface area contributed by atoms with Crippen molar-refractivity contribution in [1.29, 1.82) is 0 Å². The van der Waals surface area contributed by atoms with Crippen molar-refractivity contribution in [1.82, 2.24) is 10.2 Å². The van der Waals surface area contributed by atoms with Crippen LogP contribution in [0.4, 0.5) is 14.6 Å². The van der Waals surface area contributed by atoms with Crippen LogP contribution in [0.15, 0.2) is 18.2 Å². The van der Waals surface area contributed by atoms with Crippen LogP contribution in [0, 0.1) is 11.6 Å². The molecule has 7 heteroatoms. The highest BCUT2D eigenvalue weighted by Gasteiger charge is 2.16. The second kappa shape index (κ2) is 4.43.